The number of aromatic nitrogens is 2. The smallest absolute Gasteiger partial charge is 0.407 e. The van der Waals surface area contributed by atoms with Crippen molar-refractivity contribution >= 4 is 12.2 Å². The average Bonchev–Trinajstić information content (AvgIpc) is 2.91. The van der Waals surface area contributed by atoms with E-state index in [1.165, 1.54) is 0 Å². The van der Waals surface area contributed by atoms with Gasteiger partial charge in [-0.3, -0.25) is 4.68 Å². The third kappa shape index (κ3) is 5.14. The first kappa shape index (κ1) is 14.8. The van der Waals surface area contributed by atoms with Gasteiger partial charge in [-0.25, -0.2) is 4.79 Å². The molecular formula is C16H19N3O2. The Hall–Kier alpha value is -2.56. The van der Waals surface area contributed by atoms with Gasteiger partial charge in [0.15, 0.2) is 0 Å². The van der Waals surface area contributed by atoms with Crippen molar-refractivity contribution in [1.29, 1.82) is 0 Å². The minimum Gasteiger partial charge on any atom is -0.445 e. The molecule has 0 bridgehead atoms. The molecule has 0 aliphatic carbocycles. The van der Waals surface area contributed by atoms with E-state index in [0.29, 0.717) is 6.54 Å². The lowest BCUT2D eigenvalue weighted by Crippen LogP contribution is -2.24. The number of benzene rings is 1. The van der Waals surface area contributed by atoms with Crippen LogP contribution in [0.4, 0.5) is 4.79 Å². The maximum atomic E-state index is 11.5. The second kappa shape index (κ2) is 7.89. The van der Waals surface area contributed by atoms with Gasteiger partial charge in [0.25, 0.3) is 0 Å². The molecule has 110 valence electrons. The lowest BCUT2D eigenvalue weighted by molar-refractivity contribution is 0.140. The Morgan fingerprint density at radius 3 is 2.86 bits per heavy atom. The molecule has 1 amide bonds. The Bertz CT molecular complexity index is 591. The van der Waals surface area contributed by atoms with E-state index in [4.69, 9.17) is 4.74 Å². The highest BCUT2D eigenvalue weighted by molar-refractivity contribution is 5.67. The van der Waals surface area contributed by atoms with Crippen LogP contribution in [0.1, 0.15) is 17.7 Å². The summed E-state index contributed by atoms with van der Waals surface area (Å²) in [5.74, 6) is 0. The van der Waals surface area contributed by atoms with E-state index >= 15 is 0 Å². The molecular weight excluding hydrogens is 266 g/mol. The molecule has 0 aliphatic heterocycles. The van der Waals surface area contributed by atoms with Crippen LogP contribution in [-0.4, -0.2) is 22.4 Å². The van der Waals surface area contributed by atoms with Gasteiger partial charge in [-0.1, -0.05) is 36.4 Å². The van der Waals surface area contributed by atoms with Gasteiger partial charge in [0.2, 0.25) is 0 Å². The molecule has 21 heavy (non-hydrogen) atoms. The number of rotatable bonds is 6. The Labute approximate surface area is 124 Å². The molecule has 1 N–H and O–H groups in total. The summed E-state index contributed by atoms with van der Waals surface area (Å²) in [5.41, 5.74) is 2.01. The van der Waals surface area contributed by atoms with Gasteiger partial charge in [-0.2, -0.15) is 5.10 Å². The second-order valence-electron chi connectivity index (χ2n) is 4.56. The van der Waals surface area contributed by atoms with Crippen molar-refractivity contribution in [2.24, 2.45) is 7.05 Å². The fourth-order valence-corrected chi connectivity index (χ4v) is 1.78. The van der Waals surface area contributed by atoms with E-state index in [2.05, 4.69) is 10.4 Å². The van der Waals surface area contributed by atoms with Crippen molar-refractivity contribution in [2.75, 3.05) is 6.54 Å². The Morgan fingerprint density at radius 1 is 1.33 bits per heavy atom. The van der Waals surface area contributed by atoms with E-state index in [1.807, 2.05) is 55.6 Å². The molecule has 0 unspecified atom stereocenters. The van der Waals surface area contributed by atoms with Gasteiger partial charge in [-0.05, 0) is 24.1 Å². The van der Waals surface area contributed by atoms with Gasteiger partial charge in [0.1, 0.15) is 6.61 Å². The number of ether oxygens (including phenoxy) is 1. The summed E-state index contributed by atoms with van der Waals surface area (Å²) in [4.78, 5) is 11.5. The van der Waals surface area contributed by atoms with Crippen molar-refractivity contribution in [3.63, 3.8) is 0 Å². The van der Waals surface area contributed by atoms with Gasteiger partial charge in [0.05, 0.1) is 5.69 Å². The zero-order valence-electron chi connectivity index (χ0n) is 12.0. The molecule has 0 radical (unpaired) electrons. The molecule has 1 heterocycles. The number of hydrogen-bond acceptors (Lipinski definition) is 3. The van der Waals surface area contributed by atoms with Crippen LogP contribution in [0.2, 0.25) is 0 Å². The van der Waals surface area contributed by atoms with Gasteiger partial charge < -0.3 is 10.1 Å². The third-order valence-corrected chi connectivity index (χ3v) is 2.94. The van der Waals surface area contributed by atoms with Crippen molar-refractivity contribution in [3.8, 4) is 0 Å². The summed E-state index contributed by atoms with van der Waals surface area (Å²) in [6.45, 7) is 0.833. The topological polar surface area (TPSA) is 56.2 Å². The standard InChI is InChI=1S/C16H19N3O2/c1-19-15(10-12-18-19)9-5-6-11-17-16(20)21-13-14-7-3-2-4-8-14/h2-5,7-10,12H,6,11,13H2,1H3,(H,17,20). The largest absolute Gasteiger partial charge is 0.445 e. The van der Waals surface area contributed by atoms with Gasteiger partial charge in [-0.15, -0.1) is 0 Å². The highest BCUT2D eigenvalue weighted by Gasteiger charge is 2.00. The monoisotopic (exact) mass is 285 g/mol. The lowest BCUT2D eigenvalue weighted by Gasteiger charge is -2.05. The molecule has 1 aromatic heterocycles. The van der Waals surface area contributed by atoms with E-state index in [9.17, 15) is 4.79 Å². The van der Waals surface area contributed by atoms with Crippen molar-refractivity contribution < 1.29 is 9.53 Å². The summed E-state index contributed by atoms with van der Waals surface area (Å²) >= 11 is 0. The minimum atomic E-state index is -0.396. The first-order valence-electron chi connectivity index (χ1n) is 6.85. The quantitative estimate of drug-likeness (QED) is 0.830. The van der Waals surface area contributed by atoms with Crippen molar-refractivity contribution in [2.45, 2.75) is 13.0 Å². The zero-order valence-corrected chi connectivity index (χ0v) is 12.0. The molecule has 2 aromatic rings. The maximum Gasteiger partial charge on any atom is 0.407 e. The molecule has 0 aliphatic rings. The van der Waals surface area contributed by atoms with Crippen LogP contribution in [0.15, 0.2) is 48.7 Å². The Kier molecular flexibility index (Phi) is 5.58. The SMILES string of the molecule is Cn1nccc1C=CCCNC(=O)OCc1ccccc1. The number of nitrogens with one attached hydrogen (secondary N) is 1. The summed E-state index contributed by atoms with van der Waals surface area (Å²) in [6.07, 6.45) is 6.07. The van der Waals surface area contributed by atoms with Gasteiger partial charge >= 0.3 is 6.09 Å². The summed E-state index contributed by atoms with van der Waals surface area (Å²) in [6, 6.07) is 11.5. The molecule has 5 heteroatoms. The number of nitrogens with zero attached hydrogens (tertiary/aromatic N) is 2. The predicted molar refractivity (Wildman–Crippen MR) is 81.5 cm³/mol. The van der Waals surface area contributed by atoms with Gasteiger partial charge in [0, 0.05) is 19.8 Å². The highest BCUT2D eigenvalue weighted by Crippen LogP contribution is 2.01. The fourth-order valence-electron chi connectivity index (χ4n) is 1.78. The fraction of sp³-hybridized carbons (Fsp3) is 0.250. The first-order valence-corrected chi connectivity index (χ1v) is 6.85. The van der Waals surface area contributed by atoms with Crippen molar-refractivity contribution in [3.05, 3.63) is 59.9 Å². The number of aryl methyl sites for hydroxylation is 1. The molecule has 5 nitrogen and oxygen atoms in total. The number of amides is 1. The Balaban J connectivity index is 1.61. The van der Waals surface area contributed by atoms with E-state index in [-0.39, 0.29) is 6.61 Å². The summed E-state index contributed by atoms with van der Waals surface area (Å²) < 4.78 is 6.90. The van der Waals surface area contributed by atoms with Crippen molar-refractivity contribution in [1.82, 2.24) is 15.1 Å². The summed E-state index contributed by atoms with van der Waals surface area (Å²) in [5, 5.41) is 6.79. The van der Waals surface area contributed by atoms with Crippen LogP contribution >= 0.6 is 0 Å². The van der Waals surface area contributed by atoms with E-state index in [1.54, 1.807) is 10.9 Å². The molecule has 0 saturated carbocycles. The van der Waals surface area contributed by atoms with Crippen LogP contribution in [0.25, 0.3) is 6.08 Å². The van der Waals surface area contributed by atoms with Crippen LogP contribution in [0.3, 0.4) is 0 Å². The highest BCUT2D eigenvalue weighted by atomic mass is 16.5. The number of carbonyl (C=O) groups is 1. The zero-order chi connectivity index (χ0) is 14.9. The Morgan fingerprint density at radius 2 is 2.14 bits per heavy atom. The lowest BCUT2D eigenvalue weighted by atomic mass is 10.2. The second-order valence-corrected chi connectivity index (χ2v) is 4.56. The molecule has 0 saturated heterocycles. The number of carbonyl (C=O) groups excluding carboxylic acids is 1. The minimum absolute atomic E-state index is 0.289. The predicted octanol–water partition coefficient (Wildman–Crippen LogP) is 2.75. The molecule has 0 atom stereocenters. The van der Waals surface area contributed by atoms with E-state index in [0.717, 1.165) is 17.7 Å². The summed E-state index contributed by atoms with van der Waals surface area (Å²) in [7, 11) is 1.89. The van der Waals surface area contributed by atoms with Crippen LogP contribution in [0, 0.1) is 0 Å². The normalized spacial score (nSPS) is 10.7. The van der Waals surface area contributed by atoms with Crippen LogP contribution in [-0.2, 0) is 18.4 Å². The third-order valence-electron chi connectivity index (χ3n) is 2.94. The van der Waals surface area contributed by atoms with Crippen LogP contribution in [0.5, 0.6) is 0 Å². The average molecular weight is 285 g/mol. The first-order chi connectivity index (χ1) is 10.3. The molecule has 1 aromatic carbocycles. The van der Waals surface area contributed by atoms with Crippen LogP contribution < -0.4 is 5.32 Å². The molecule has 0 spiro atoms. The molecule has 2 rings (SSSR count). The number of alkyl carbamates (subject to hydrolysis) is 1. The molecule has 0 fully saturated rings. The maximum absolute atomic E-state index is 11.5. The van der Waals surface area contributed by atoms with E-state index < -0.39 is 6.09 Å². The number of hydrogen-bond donors (Lipinski definition) is 1.